The molecule has 9 amide bonds. The van der Waals surface area contributed by atoms with E-state index in [2.05, 4.69) is 52.2 Å². The van der Waals surface area contributed by atoms with Crippen molar-refractivity contribution in [2.45, 2.75) is 150 Å². The third kappa shape index (κ3) is 21.0. The second kappa shape index (κ2) is 35.2. The van der Waals surface area contributed by atoms with Crippen LogP contribution in [0.25, 0.3) is 0 Å². The second-order valence-electron chi connectivity index (χ2n) is 24.2. The molecule has 2 aromatic carbocycles. The third-order valence-electron chi connectivity index (χ3n) is 17.3. The summed E-state index contributed by atoms with van der Waals surface area (Å²) >= 11 is 1.26. The van der Waals surface area contributed by atoms with Crippen LogP contribution in [-0.4, -0.2) is 208 Å². The van der Waals surface area contributed by atoms with Crippen molar-refractivity contribution in [2.75, 3.05) is 45.9 Å². The Labute approximate surface area is 552 Å². The largest absolute Gasteiger partial charge is 0.480 e. The number of aliphatic imine (C=N–C) groups is 3. The van der Waals surface area contributed by atoms with Crippen LogP contribution in [0.1, 0.15) is 84.9 Å². The second-order valence-corrected chi connectivity index (χ2v) is 25.2. The average molecular weight is 1340 g/mol. The van der Waals surface area contributed by atoms with Crippen molar-refractivity contribution >= 4 is 88.3 Å². The van der Waals surface area contributed by atoms with Gasteiger partial charge in [0.05, 0.1) is 25.3 Å². The first-order valence-electron chi connectivity index (χ1n) is 31.7. The molecule has 3 heterocycles. The molecule has 2 aliphatic carbocycles. The van der Waals surface area contributed by atoms with Gasteiger partial charge in [0.25, 0.3) is 0 Å². The number of nitrogens with two attached hydrogens (primary N) is 7. The summed E-state index contributed by atoms with van der Waals surface area (Å²) in [5, 5.41) is 52.1. The number of hydrogen-bond donors (Lipinski definition) is 17. The number of benzene rings is 2. The molecule has 0 unspecified atom stereocenters. The smallest absolute Gasteiger partial charge is 0.326 e. The van der Waals surface area contributed by atoms with Crippen molar-refractivity contribution in [3.63, 3.8) is 0 Å². The van der Waals surface area contributed by atoms with Crippen LogP contribution in [0.4, 0.5) is 0 Å². The fraction of sp³-hybridized carbons (Fsp3) is 0.532. The lowest BCUT2D eigenvalue weighted by Crippen LogP contribution is -2.62. The molecule has 10 atom stereocenters. The molecule has 0 bridgehead atoms. The number of carbonyl (C=O) groups excluding carboxylic acids is 9. The highest BCUT2D eigenvalue weighted by molar-refractivity contribution is 7.09. The summed E-state index contributed by atoms with van der Waals surface area (Å²) in [7, 11) is 0. The number of carboxylic acids is 1. The molecule has 33 heteroatoms. The number of likely N-dealkylation sites (tertiary alicyclic amines) is 2. The summed E-state index contributed by atoms with van der Waals surface area (Å²) < 4.78 is 0. The molecule has 1 aromatic heterocycles. The molecule has 24 N–H and O–H groups in total. The molecule has 7 rings (SSSR count). The van der Waals surface area contributed by atoms with Crippen LogP contribution in [0.3, 0.4) is 0 Å². The molecule has 95 heavy (non-hydrogen) atoms. The average Bonchev–Trinajstić information content (AvgIpc) is 1.73. The number of thiophene rings is 1. The molecule has 0 saturated carbocycles. The third-order valence-corrected chi connectivity index (χ3v) is 18.2. The Balaban J connectivity index is 1.02. The number of nitrogens with zero attached hydrogens (tertiary/aromatic N) is 5. The van der Waals surface area contributed by atoms with Gasteiger partial charge in [0, 0.05) is 50.4 Å². The zero-order valence-electron chi connectivity index (χ0n) is 52.7. The number of aliphatic carboxylic acids is 1. The minimum atomic E-state index is -1.72. The Morgan fingerprint density at radius 1 is 0.579 bits per heavy atom. The Bertz CT molecular complexity index is 3250. The van der Waals surface area contributed by atoms with Gasteiger partial charge in [0.15, 0.2) is 17.9 Å². The monoisotopic (exact) mass is 1340 g/mol. The molecule has 4 aliphatic rings. The molecular weight excluding hydrogens is 1250 g/mol. The number of fused-ring (bicyclic) bond motifs is 2. The minimum absolute atomic E-state index is 0.0463. The maximum atomic E-state index is 15.0. The zero-order chi connectivity index (χ0) is 68.9. The number of nitrogens with one attached hydrogen (secondary N) is 7. The molecular formula is C62H89N19O13S. The van der Waals surface area contributed by atoms with Crippen molar-refractivity contribution in [1.82, 2.24) is 47.0 Å². The van der Waals surface area contributed by atoms with E-state index in [1.165, 1.54) is 16.2 Å². The number of carboxylic acid groups (broad SMARTS) is 1. The molecule has 2 saturated heterocycles. The van der Waals surface area contributed by atoms with Crippen LogP contribution in [0.2, 0.25) is 0 Å². The normalized spacial score (nSPS) is 18.8. The van der Waals surface area contributed by atoms with Gasteiger partial charge in [-0.15, -0.1) is 11.3 Å². The van der Waals surface area contributed by atoms with Gasteiger partial charge < -0.3 is 102 Å². The Morgan fingerprint density at radius 2 is 1.07 bits per heavy atom. The standard InChI is InChI=1S/C62H89N19O13S/c63-41(15-5-19-70-60(64)65)51(85)75-42(16-6-20-71-61(66)67)57(91)80-22-8-18-46(80)58(92)81-31-39(83)28-47(81)54(88)73-30-48(84)74-44(29-40-14-9-23-95-40)52(86)77-45(32-82)53(87)78-50(38-26-35-12-3-4-13-36(35)27-38)56(90)79-49(37-24-33-10-1-2-11-34(33)25-37)55(89)76-43(59(93)94)17-7-21-72-62(68)69/h1-4,9-14,23,37-39,41-47,49-50,82-83H,5-8,15-22,24-32,63H2,(H,73,88)(H,74,84)(H,75,85)(H,76,89)(H,77,86)(H,78,87)(H,79,90)(H,93,94)(H4,64,65,70)(H4,66,67,71)(H4,68,69,72)/t39-,41-,42+,43+,44+,45+,46+,47+,49-,50-/m1/s1. The highest BCUT2D eigenvalue weighted by atomic mass is 32.1. The maximum absolute atomic E-state index is 15.0. The number of guanidine groups is 3. The summed E-state index contributed by atoms with van der Waals surface area (Å²) in [6, 6.07) is 6.51. The predicted octanol–water partition coefficient (Wildman–Crippen LogP) is -5.34. The van der Waals surface area contributed by atoms with Gasteiger partial charge in [-0.2, -0.15) is 0 Å². The van der Waals surface area contributed by atoms with Gasteiger partial charge in [-0.3, -0.25) is 58.1 Å². The van der Waals surface area contributed by atoms with E-state index in [0.29, 0.717) is 43.4 Å². The van der Waals surface area contributed by atoms with Gasteiger partial charge in [0.2, 0.25) is 53.2 Å². The van der Waals surface area contributed by atoms with E-state index in [0.717, 1.165) is 27.2 Å². The molecule has 0 radical (unpaired) electrons. The van der Waals surface area contributed by atoms with Crippen LogP contribution in [0.5, 0.6) is 0 Å². The van der Waals surface area contributed by atoms with Crippen molar-refractivity contribution < 1.29 is 63.3 Å². The summed E-state index contributed by atoms with van der Waals surface area (Å²) in [6.07, 6.45) is 1.40. The van der Waals surface area contributed by atoms with Crippen LogP contribution in [-0.2, 0) is 80.0 Å². The maximum Gasteiger partial charge on any atom is 0.326 e. The fourth-order valence-corrected chi connectivity index (χ4v) is 13.2. The minimum Gasteiger partial charge on any atom is -0.480 e. The van der Waals surface area contributed by atoms with Crippen LogP contribution >= 0.6 is 11.3 Å². The summed E-state index contributed by atoms with van der Waals surface area (Å²) in [5.41, 5.74) is 42.5. The predicted molar refractivity (Wildman–Crippen MR) is 351 cm³/mol. The highest BCUT2D eigenvalue weighted by Crippen LogP contribution is 2.32. The van der Waals surface area contributed by atoms with Crippen LogP contribution in [0.15, 0.2) is 81.0 Å². The first-order valence-corrected chi connectivity index (χ1v) is 32.6. The van der Waals surface area contributed by atoms with Gasteiger partial charge in [0.1, 0.15) is 48.3 Å². The van der Waals surface area contributed by atoms with Crippen LogP contribution < -0.4 is 77.4 Å². The molecule has 516 valence electrons. The Kier molecular flexibility index (Phi) is 27.0. The number of carbonyl (C=O) groups is 10. The number of β-amino-alcohol motifs (C(OH)–C–C–N with tert-alkyl or cyclic N) is 1. The van der Waals surface area contributed by atoms with E-state index in [1.807, 2.05) is 48.5 Å². The first kappa shape index (κ1) is 72.9. The van der Waals surface area contributed by atoms with E-state index in [9.17, 15) is 63.3 Å². The highest BCUT2D eigenvalue weighted by Gasteiger charge is 2.47. The van der Waals surface area contributed by atoms with Gasteiger partial charge >= 0.3 is 5.97 Å². The number of rotatable bonds is 34. The van der Waals surface area contributed by atoms with Crippen LogP contribution in [0, 0.1) is 11.8 Å². The number of amides is 9. The van der Waals surface area contributed by atoms with E-state index < -0.39 is 145 Å². The lowest BCUT2D eigenvalue weighted by atomic mass is 9.92. The van der Waals surface area contributed by atoms with Gasteiger partial charge in [-0.05, 0) is 123 Å². The summed E-state index contributed by atoms with van der Waals surface area (Å²) in [6.45, 7) is -1.45. The van der Waals surface area contributed by atoms with E-state index >= 15 is 0 Å². The van der Waals surface area contributed by atoms with Gasteiger partial charge in [-0.25, -0.2) is 4.79 Å². The van der Waals surface area contributed by atoms with E-state index in [4.69, 9.17) is 40.1 Å². The lowest BCUT2D eigenvalue weighted by Gasteiger charge is -2.33. The number of aliphatic hydroxyl groups is 2. The molecule has 32 nitrogen and oxygen atoms in total. The van der Waals surface area contributed by atoms with Crippen molar-refractivity contribution in [3.05, 3.63) is 93.2 Å². The van der Waals surface area contributed by atoms with Crippen molar-refractivity contribution in [2.24, 2.45) is 66.9 Å². The number of hydrogen-bond acceptors (Lipinski definition) is 17. The molecule has 0 spiro atoms. The van der Waals surface area contributed by atoms with Crippen molar-refractivity contribution in [1.29, 1.82) is 0 Å². The topological polar surface area (TPSA) is 541 Å². The summed E-state index contributed by atoms with van der Waals surface area (Å²) in [5.74, 6) is -10.1. The first-order chi connectivity index (χ1) is 45.4. The fourth-order valence-electron chi connectivity index (χ4n) is 12.5. The Hall–Kier alpha value is -9.47. The lowest BCUT2D eigenvalue weighted by molar-refractivity contribution is -0.148. The molecule has 2 fully saturated rings. The van der Waals surface area contributed by atoms with E-state index in [-0.39, 0.29) is 102 Å². The molecule has 2 aliphatic heterocycles. The van der Waals surface area contributed by atoms with E-state index in [1.54, 1.807) is 17.5 Å². The molecule has 3 aromatic rings. The summed E-state index contributed by atoms with van der Waals surface area (Å²) in [4.78, 5) is 156. The quantitative estimate of drug-likeness (QED) is 0.0151. The number of aliphatic hydroxyl groups excluding tert-OH is 2. The van der Waals surface area contributed by atoms with Gasteiger partial charge in [-0.1, -0.05) is 54.6 Å². The zero-order valence-corrected chi connectivity index (χ0v) is 53.6. The Morgan fingerprint density at radius 3 is 1.59 bits per heavy atom. The van der Waals surface area contributed by atoms with Crippen molar-refractivity contribution in [3.8, 4) is 0 Å². The SMILES string of the molecule is NC(N)=NCCC[C@@H](N)C(=O)N[C@@H](CCCN=C(N)N)C(=O)N1CCC[C@H]1C(=O)N1C[C@H](O)C[C@H]1C(=O)NCC(=O)N[C@@H](Cc1cccs1)C(=O)N[C@@H](CO)C(=O)N[C@@H](C(=O)N[C@@H](C(=O)N[C@@H](CCCN=C(N)N)C(=O)O)C1Cc2ccccc2C1)C1Cc2ccccc2C1.